The van der Waals surface area contributed by atoms with E-state index < -0.39 is 0 Å². The van der Waals surface area contributed by atoms with Gasteiger partial charge >= 0.3 is 0 Å². The van der Waals surface area contributed by atoms with Crippen molar-refractivity contribution in [3.8, 4) is 0 Å². The summed E-state index contributed by atoms with van der Waals surface area (Å²) in [5.41, 5.74) is -0.0154. The number of hydrogen-bond acceptors (Lipinski definition) is 3. The van der Waals surface area contributed by atoms with Crippen molar-refractivity contribution < 1.29 is 4.74 Å². The molecule has 1 N–H and O–H groups in total. The van der Waals surface area contributed by atoms with Crippen molar-refractivity contribution in [2.45, 2.75) is 51.7 Å². The number of ether oxygens (including phenoxy) is 1. The molecule has 1 fully saturated rings. The summed E-state index contributed by atoms with van der Waals surface area (Å²) >= 11 is 0. The van der Waals surface area contributed by atoms with Gasteiger partial charge in [0.15, 0.2) is 0 Å². The Labute approximate surface area is 107 Å². The van der Waals surface area contributed by atoms with Gasteiger partial charge in [-0.25, -0.2) is 0 Å². The monoisotopic (exact) mass is 242 g/mol. The van der Waals surface area contributed by atoms with Gasteiger partial charge in [-0.15, -0.1) is 0 Å². The van der Waals surface area contributed by atoms with Gasteiger partial charge in [-0.1, -0.05) is 0 Å². The lowest BCUT2D eigenvalue weighted by Gasteiger charge is -2.35. The van der Waals surface area contributed by atoms with E-state index in [9.17, 15) is 0 Å². The Morgan fingerprint density at radius 1 is 1.47 bits per heavy atom. The Hall–Kier alpha value is -0.120. The van der Waals surface area contributed by atoms with Crippen LogP contribution in [0.25, 0.3) is 0 Å². The number of rotatable bonds is 6. The molecule has 0 aromatic heterocycles. The van der Waals surface area contributed by atoms with Gasteiger partial charge in [-0.2, -0.15) is 0 Å². The Balaban J connectivity index is 2.32. The molecule has 0 saturated carbocycles. The van der Waals surface area contributed by atoms with Crippen LogP contribution in [0.15, 0.2) is 0 Å². The van der Waals surface area contributed by atoms with E-state index in [1.54, 1.807) is 7.11 Å². The molecule has 1 rings (SSSR count). The van der Waals surface area contributed by atoms with Crippen LogP contribution in [0.2, 0.25) is 0 Å². The molecule has 0 aromatic carbocycles. The van der Waals surface area contributed by atoms with Crippen LogP contribution in [0.4, 0.5) is 0 Å². The third-order valence-corrected chi connectivity index (χ3v) is 4.04. The molecule has 2 unspecified atom stereocenters. The summed E-state index contributed by atoms with van der Waals surface area (Å²) in [6.07, 6.45) is 3.79. The van der Waals surface area contributed by atoms with Crippen molar-refractivity contribution in [1.82, 2.24) is 10.2 Å². The number of methoxy groups -OCH3 is 1. The van der Waals surface area contributed by atoms with E-state index in [0.717, 1.165) is 12.3 Å². The summed E-state index contributed by atoms with van der Waals surface area (Å²) in [5.74, 6) is 0.821. The van der Waals surface area contributed by atoms with E-state index in [-0.39, 0.29) is 5.60 Å². The van der Waals surface area contributed by atoms with Crippen LogP contribution in [0, 0.1) is 5.92 Å². The van der Waals surface area contributed by atoms with Gasteiger partial charge in [-0.05, 0) is 66.1 Å². The van der Waals surface area contributed by atoms with Gasteiger partial charge in [0.2, 0.25) is 0 Å². The maximum Gasteiger partial charge on any atom is 0.0637 e. The van der Waals surface area contributed by atoms with Gasteiger partial charge in [0.25, 0.3) is 0 Å². The lowest BCUT2D eigenvalue weighted by molar-refractivity contribution is -0.00491. The maximum atomic E-state index is 5.51. The van der Waals surface area contributed by atoms with E-state index in [1.165, 1.54) is 32.5 Å². The van der Waals surface area contributed by atoms with Crippen molar-refractivity contribution in [1.29, 1.82) is 0 Å². The van der Waals surface area contributed by atoms with Gasteiger partial charge in [0, 0.05) is 19.7 Å². The third kappa shape index (κ3) is 5.36. The molecule has 17 heavy (non-hydrogen) atoms. The predicted molar refractivity (Wildman–Crippen MR) is 73.4 cm³/mol. The second-order valence-corrected chi connectivity index (χ2v) is 6.17. The fourth-order valence-corrected chi connectivity index (χ4v) is 2.62. The molecule has 0 radical (unpaired) electrons. The predicted octanol–water partition coefficient (Wildman–Crippen LogP) is 2.12. The summed E-state index contributed by atoms with van der Waals surface area (Å²) in [6, 6.07) is 0.576. The van der Waals surface area contributed by atoms with E-state index in [1.807, 2.05) is 0 Å². The van der Waals surface area contributed by atoms with Gasteiger partial charge < -0.3 is 15.0 Å². The summed E-state index contributed by atoms with van der Waals surface area (Å²) in [7, 11) is 4.04. The normalized spacial score (nSPS) is 24.0. The molecule has 3 heteroatoms. The van der Waals surface area contributed by atoms with Crippen LogP contribution in [-0.2, 0) is 4.74 Å². The van der Waals surface area contributed by atoms with Crippen molar-refractivity contribution in [2.24, 2.45) is 5.92 Å². The minimum Gasteiger partial charge on any atom is -0.379 e. The SMILES string of the molecule is COC(C)(C)CC(C)N(C)CC1CCCNC1. The molecule has 3 nitrogen and oxygen atoms in total. The topological polar surface area (TPSA) is 24.5 Å². The van der Waals surface area contributed by atoms with Crippen LogP contribution in [0.1, 0.15) is 40.0 Å². The van der Waals surface area contributed by atoms with E-state index >= 15 is 0 Å². The standard InChI is InChI=1S/C14H30N2O/c1-12(9-14(2,3)17-5)16(4)11-13-7-6-8-15-10-13/h12-13,15H,6-11H2,1-5H3. The maximum absolute atomic E-state index is 5.51. The molecular formula is C14H30N2O. The Morgan fingerprint density at radius 3 is 2.71 bits per heavy atom. The first-order valence-electron chi connectivity index (χ1n) is 6.91. The second kappa shape index (κ2) is 6.72. The van der Waals surface area contributed by atoms with Crippen LogP contribution in [-0.4, -0.2) is 50.3 Å². The fraction of sp³-hybridized carbons (Fsp3) is 1.00. The van der Waals surface area contributed by atoms with E-state index in [2.05, 4.69) is 38.0 Å². The highest BCUT2D eigenvalue weighted by Gasteiger charge is 2.24. The zero-order valence-electron chi connectivity index (χ0n) is 12.3. The van der Waals surface area contributed by atoms with Crippen molar-refractivity contribution in [3.63, 3.8) is 0 Å². The van der Waals surface area contributed by atoms with E-state index in [4.69, 9.17) is 4.74 Å². The number of piperidine rings is 1. The second-order valence-electron chi connectivity index (χ2n) is 6.17. The van der Waals surface area contributed by atoms with Gasteiger partial charge in [0.1, 0.15) is 0 Å². The summed E-state index contributed by atoms with van der Waals surface area (Å²) < 4.78 is 5.51. The largest absolute Gasteiger partial charge is 0.379 e. The van der Waals surface area contributed by atoms with Crippen LogP contribution in [0.3, 0.4) is 0 Å². The van der Waals surface area contributed by atoms with Crippen molar-refractivity contribution in [2.75, 3.05) is 33.8 Å². The zero-order valence-corrected chi connectivity index (χ0v) is 12.3. The minimum atomic E-state index is -0.0154. The highest BCUT2D eigenvalue weighted by Crippen LogP contribution is 2.20. The molecule has 1 aliphatic rings. The Kier molecular flexibility index (Phi) is 5.90. The molecular weight excluding hydrogens is 212 g/mol. The molecule has 1 aliphatic heterocycles. The molecule has 0 spiro atoms. The number of hydrogen-bond donors (Lipinski definition) is 1. The molecule has 0 bridgehead atoms. The Bertz CT molecular complexity index is 212. The lowest BCUT2D eigenvalue weighted by atomic mass is 9.96. The molecule has 2 atom stereocenters. The molecule has 0 aromatic rings. The molecule has 0 aliphatic carbocycles. The average molecular weight is 242 g/mol. The fourth-order valence-electron chi connectivity index (χ4n) is 2.62. The highest BCUT2D eigenvalue weighted by molar-refractivity contribution is 4.79. The smallest absolute Gasteiger partial charge is 0.0637 e. The van der Waals surface area contributed by atoms with Crippen LogP contribution in [0.5, 0.6) is 0 Å². The van der Waals surface area contributed by atoms with Gasteiger partial charge in [-0.3, -0.25) is 0 Å². The zero-order chi connectivity index (χ0) is 12.9. The number of nitrogens with one attached hydrogen (secondary N) is 1. The molecule has 102 valence electrons. The van der Waals surface area contributed by atoms with Crippen LogP contribution < -0.4 is 5.32 Å². The minimum absolute atomic E-state index is 0.0154. The Morgan fingerprint density at radius 2 is 2.18 bits per heavy atom. The number of nitrogens with zero attached hydrogens (tertiary/aromatic N) is 1. The quantitative estimate of drug-likeness (QED) is 0.772. The van der Waals surface area contributed by atoms with Gasteiger partial charge in [0.05, 0.1) is 5.60 Å². The van der Waals surface area contributed by atoms with Crippen LogP contribution >= 0.6 is 0 Å². The highest BCUT2D eigenvalue weighted by atomic mass is 16.5. The van der Waals surface area contributed by atoms with E-state index in [0.29, 0.717) is 6.04 Å². The first kappa shape index (κ1) is 14.9. The third-order valence-electron chi connectivity index (χ3n) is 4.04. The molecule has 0 amide bonds. The molecule has 1 heterocycles. The first-order chi connectivity index (χ1) is 7.94. The average Bonchev–Trinajstić information content (AvgIpc) is 2.30. The van der Waals surface area contributed by atoms with Crippen molar-refractivity contribution in [3.05, 3.63) is 0 Å². The lowest BCUT2D eigenvalue weighted by Crippen LogP contribution is -2.42. The summed E-state index contributed by atoms with van der Waals surface area (Å²) in [5, 5.41) is 3.49. The summed E-state index contributed by atoms with van der Waals surface area (Å²) in [4.78, 5) is 2.48. The molecule has 1 saturated heterocycles. The van der Waals surface area contributed by atoms with Crippen molar-refractivity contribution >= 4 is 0 Å². The summed E-state index contributed by atoms with van der Waals surface area (Å²) in [6.45, 7) is 10.2. The first-order valence-corrected chi connectivity index (χ1v) is 6.91.